The molecule has 0 unspecified atom stereocenters. The highest BCUT2D eigenvalue weighted by Gasteiger charge is 2.31. The van der Waals surface area contributed by atoms with Crippen molar-refractivity contribution in [2.45, 2.75) is 77.7 Å². The Balaban J connectivity index is 1.44. The van der Waals surface area contributed by atoms with E-state index in [2.05, 4.69) is 26.6 Å². The van der Waals surface area contributed by atoms with Crippen LogP contribution in [0.2, 0.25) is 0 Å². The second-order valence-electron chi connectivity index (χ2n) is 11.5. The Kier molecular flexibility index (Phi) is 11.7. The Morgan fingerprint density at radius 1 is 0.622 bits per heavy atom. The molecule has 2 aromatic rings. The van der Waals surface area contributed by atoms with Crippen LogP contribution >= 0.6 is 0 Å². The van der Waals surface area contributed by atoms with Gasteiger partial charge in [0.15, 0.2) is 0 Å². The molecule has 0 heterocycles. The molecule has 1 aliphatic rings. The molecule has 3 rings (SSSR count). The lowest BCUT2D eigenvalue weighted by Gasteiger charge is -2.23. The Hall–Kier alpha value is -4.94. The zero-order valence-corrected chi connectivity index (χ0v) is 26.2. The number of aliphatic carboxylic acids is 1. The topological polar surface area (TPSA) is 192 Å². The molecule has 6 N–H and O–H groups in total. The lowest BCUT2D eigenvalue weighted by molar-refractivity contribution is -0.143. The monoisotopic (exact) mass is 623 g/mol. The summed E-state index contributed by atoms with van der Waals surface area (Å²) >= 11 is 0. The van der Waals surface area contributed by atoms with Crippen LogP contribution in [0.15, 0.2) is 48.5 Å². The minimum atomic E-state index is -1.20. The summed E-state index contributed by atoms with van der Waals surface area (Å²) in [6.45, 7) is 8.97. The second-order valence-corrected chi connectivity index (χ2v) is 11.5. The van der Waals surface area contributed by atoms with Gasteiger partial charge in [-0.05, 0) is 55.9 Å². The highest BCUT2D eigenvalue weighted by molar-refractivity contribution is 5.95. The van der Waals surface area contributed by atoms with Gasteiger partial charge < -0.3 is 36.4 Å². The number of alkyl carbamates (subject to hydrolysis) is 1. The zero-order valence-electron chi connectivity index (χ0n) is 26.2. The van der Waals surface area contributed by atoms with E-state index in [1.165, 1.54) is 27.7 Å². The van der Waals surface area contributed by atoms with Crippen LogP contribution in [0.4, 0.5) is 4.79 Å². The number of benzene rings is 2. The summed E-state index contributed by atoms with van der Waals surface area (Å²) in [7, 11) is 0. The highest BCUT2D eigenvalue weighted by Crippen LogP contribution is 2.44. The summed E-state index contributed by atoms with van der Waals surface area (Å²) < 4.78 is 5.47. The largest absolute Gasteiger partial charge is 0.480 e. The molecule has 5 atom stereocenters. The summed E-state index contributed by atoms with van der Waals surface area (Å²) in [5.74, 6) is -4.42. The fraction of sp³-hybridized carbons (Fsp3) is 0.438. The molecular formula is C32H41N5O8. The Morgan fingerprint density at radius 2 is 1.00 bits per heavy atom. The molecule has 242 valence electrons. The summed E-state index contributed by atoms with van der Waals surface area (Å²) in [6.07, 6.45) is -0.789. The molecule has 13 heteroatoms. The molecule has 0 aromatic heterocycles. The van der Waals surface area contributed by atoms with E-state index < -0.39 is 65.9 Å². The third-order valence-electron chi connectivity index (χ3n) is 7.56. The molecule has 0 saturated heterocycles. The SMILES string of the molecule is CC(C)[C@H](NC(=O)[C@H](C)NC(=O)[C@H](C)NC(=O)[C@H](C)NC(=O)[C@H](C)NC(=O)OCC1c2ccccc2-c2ccccc21)C(=O)O. The number of hydrogen-bond acceptors (Lipinski definition) is 7. The van der Waals surface area contributed by atoms with E-state index in [1.54, 1.807) is 13.8 Å². The molecule has 0 fully saturated rings. The molecule has 5 amide bonds. The number of rotatable bonds is 13. The number of hydrogen-bond donors (Lipinski definition) is 6. The van der Waals surface area contributed by atoms with Crippen molar-refractivity contribution in [1.29, 1.82) is 0 Å². The van der Waals surface area contributed by atoms with Crippen molar-refractivity contribution in [2.75, 3.05) is 6.61 Å². The number of nitrogens with one attached hydrogen (secondary N) is 5. The number of carbonyl (C=O) groups excluding carboxylic acids is 5. The van der Waals surface area contributed by atoms with Crippen molar-refractivity contribution in [3.63, 3.8) is 0 Å². The van der Waals surface area contributed by atoms with E-state index in [0.29, 0.717) is 0 Å². The van der Waals surface area contributed by atoms with Crippen molar-refractivity contribution < 1.29 is 38.6 Å². The van der Waals surface area contributed by atoms with Crippen LogP contribution in [-0.4, -0.2) is 77.6 Å². The van der Waals surface area contributed by atoms with Gasteiger partial charge in [0.1, 0.15) is 36.8 Å². The van der Waals surface area contributed by atoms with Gasteiger partial charge in [0.25, 0.3) is 0 Å². The van der Waals surface area contributed by atoms with Crippen LogP contribution in [0.3, 0.4) is 0 Å². The van der Waals surface area contributed by atoms with Gasteiger partial charge in [0.2, 0.25) is 23.6 Å². The Labute approximate surface area is 261 Å². The van der Waals surface area contributed by atoms with E-state index in [9.17, 15) is 33.9 Å². The molecule has 0 bridgehead atoms. The third-order valence-corrected chi connectivity index (χ3v) is 7.56. The third kappa shape index (κ3) is 8.80. The predicted octanol–water partition coefficient (Wildman–Crippen LogP) is 1.65. The van der Waals surface area contributed by atoms with E-state index in [0.717, 1.165) is 22.3 Å². The first-order chi connectivity index (χ1) is 21.2. The molecule has 2 aromatic carbocycles. The lowest BCUT2D eigenvalue weighted by atomic mass is 9.98. The minimum absolute atomic E-state index is 0.0745. The number of fused-ring (bicyclic) bond motifs is 3. The van der Waals surface area contributed by atoms with Crippen molar-refractivity contribution in [2.24, 2.45) is 5.92 Å². The number of ether oxygens (including phenoxy) is 1. The summed E-state index contributed by atoms with van der Waals surface area (Å²) in [5.41, 5.74) is 4.28. The fourth-order valence-electron chi connectivity index (χ4n) is 4.89. The molecule has 45 heavy (non-hydrogen) atoms. The normalized spacial score (nSPS) is 15.3. The van der Waals surface area contributed by atoms with E-state index in [4.69, 9.17) is 4.74 Å². The second kappa shape index (κ2) is 15.2. The maximum Gasteiger partial charge on any atom is 0.407 e. The van der Waals surface area contributed by atoms with Gasteiger partial charge in [-0.3, -0.25) is 19.2 Å². The van der Waals surface area contributed by atoms with Crippen LogP contribution in [-0.2, 0) is 28.7 Å². The van der Waals surface area contributed by atoms with Gasteiger partial charge in [-0.25, -0.2) is 9.59 Å². The predicted molar refractivity (Wildman–Crippen MR) is 165 cm³/mol. The lowest BCUT2D eigenvalue weighted by Crippen LogP contribution is -2.57. The number of carboxylic acids is 1. The molecule has 0 radical (unpaired) electrons. The highest BCUT2D eigenvalue weighted by atomic mass is 16.5. The van der Waals surface area contributed by atoms with Crippen molar-refractivity contribution in [3.8, 4) is 11.1 Å². The maximum atomic E-state index is 12.7. The molecule has 0 aliphatic heterocycles. The molecule has 0 spiro atoms. The van der Waals surface area contributed by atoms with Crippen molar-refractivity contribution in [1.82, 2.24) is 26.6 Å². The van der Waals surface area contributed by atoms with Crippen LogP contribution in [0.5, 0.6) is 0 Å². The fourth-order valence-corrected chi connectivity index (χ4v) is 4.89. The van der Waals surface area contributed by atoms with E-state index in [-0.39, 0.29) is 18.4 Å². The smallest absolute Gasteiger partial charge is 0.407 e. The molecule has 13 nitrogen and oxygen atoms in total. The minimum Gasteiger partial charge on any atom is -0.480 e. The van der Waals surface area contributed by atoms with Gasteiger partial charge in [-0.2, -0.15) is 0 Å². The molecule has 1 aliphatic carbocycles. The molecular weight excluding hydrogens is 582 g/mol. The summed E-state index contributed by atoms with van der Waals surface area (Å²) in [6, 6.07) is 10.4. The van der Waals surface area contributed by atoms with Gasteiger partial charge in [-0.1, -0.05) is 62.4 Å². The zero-order chi connectivity index (χ0) is 33.4. The first kappa shape index (κ1) is 34.5. The van der Waals surface area contributed by atoms with E-state index in [1.807, 2.05) is 48.5 Å². The first-order valence-corrected chi connectivity index (χ1v) is 14.8. The van der Waals surface area contributed by atoms with Gasteiger partial charge in [0, 0.05) is 5.92 Å². The average molecular weight is 624 g/mol. The van der Waals surface area contributed by atoms with Gasteiger partial charge >= 0.3 is 12.1 Å². The Morgan fingerprint density at radius 3 is 1.40 bits per heavy atom. The average Bonchev–Trinajstić information content (AvgIpc) is 3.31. The van der Waals surface area contributed by atoms with Gasteiger partial charge in [0.05, 0.1) is 0 Å². The quantitative estimate of drug-likeness (QED) is 0.194. The van der Waals surface area contributed by atoms with Crippen molar-refractivity contribution in [3.05, 3.63) is 59.7 Å². The van der Waals surface area contributed by atoms with Crippen molar-refractivity contribution >= 4 is 35.7 Å². The van der Waals surface area contributed by atoms with Crippen LogP contribution in [0.1, 0.15) is 58.6 Å². The summed E-state index contributed by atoms with van der Waals surface area (Å²) in [5, 5.41) is 21.4. The van der Waals surface area contributed by atoms with Crippen LogP contribution < -0.4 is 26.6 Å². The Bertz CT molecular complexity index is 1400. The summed E-state index contributed by atoms with van der Waals surface area (Å²) in [4.78, 5) is 74.1. The first-order valence-electron chi connectivity index (χ1n) is 14.8. The van der Waals surface area contributed by atoms with E-state index >= 15 is 0 Å². The van der Waals surface area contributed by atoms with Crippen LogP contribution in [0.25, 0.3) is 11.1 Å². The maximum absolute atomic E-state index is 12.7. The number of amides is 5. The van der Waals surface area contributed by atoms with Gasteiger partial charge in [-0.15, -0.1) is 0 Å². The molecule has 0 saturated carbocycles. The van der Waals surface area contributed by atoms with Crippen LogP contribution in [0, 0.1) is 5.92 Å². The standard InChI is InChI=1S/C32H41N5O8/c1-16(2)26(31(42)43)37-30(41)19(5)35-28(39)17(3)33-27(38)18(4)34-29(40)20(6)36-32(44)45-15-25-23-13-9-7-11-21(23)22-12-8-10-14-24(22)25/h7-14,16-20,25-26H,15H2,1-6H3,(H,33,38)(H,34,40)(H,35,39)(H,36,44)(H,37,41)(H,42,43)/t17-,18-,19-,20-,26-/m0/s1. The number of carbonyl (C=O) groups is 6. The number of carboxylic acid groups (broad SMARTS) is 1.